The van der Waals surface area contributed by atoms with Crippen LogP contribution < -0.4 is 11.1 Å². The molecule has 1 heterocycles. The zero-order valence-corrected chi connectivity index (χ0v) is 9.62. The van der Waals surface area contributed by atoms with Crippen molar-refractivity contribution in [2.24, 2.45) is 11.1 Å². The smallest absolute Gasteiger partial charge is 0.242 e. The lowest BCUT2D eigenvalue weighted by atomic mass is 9.87. The first-order chi connectivity index (χ1) is 7.30. The first-order valence-electron chi connectivity index (χ1n) is 4.98. The number of nitrogens with two attached hydrogens (primary N) is 1. The van der Waals surface area contributed by atoms with Crippen LogP contribution in [-0.4, -0.2) is 16.9 Å². The SMILES string of the molecule is CC(C)(C)[C@H](N)C(=O)Nc1ccc(F)cn1. The van der Waals surface area contributed by atoms with E-state index < -0.39 is 11.9 Å². The highest BCUT2D eigenvalue weighted by molar-refractivity contribution is 5.94. The van der Waals surface area contributed by atoms with Crippen LogP contribution in [0.25, 0.3) is 0 Å². The second-order valence-corrected chi connectivity index (χ2v) is 4.69. The topological polar surface area (TPSA) is 68.0 Å². The molecule has 1 atom stereocenters. The van der Waals surface area contributed by atoms with E-state index in [1.54, 1.807) is 0 Å². The van der Waals surface area contributed by atoms with Gasteiger partial charge in [0, 0.05) is 0 Å². The normalized spacial score (nSPS) is 13.3. The van der Waals surface area contributed by atoms with Crippen molar-refractivity contribution in [3.8, 4) is 0 Å². The maximum Gasteiger partial charge on any atom is 0.242 e. The molecule has 4 nitrogen and oxygen atoms in total. The van der Waals surface area contributed by atoms with Gasteiger partial charge in [0.1, 0.15) is 11.6 Å². The van der Waals surface area contributed by atoms with E-state index in [0.717, 1.165) is 6.20 Å². The van der Waals surface area contributed by atoms with Crippen LogP contribution in [0.5, 0.6) is 0 Å². The van der Waals surface area contributed by atoms with E-state index >= 15 is 0 Å². The molecule has 0 bridgehead atoms. The van der Waals surface area contributed by atoms with Gasteiger partial charge in [0.2, 0.25) is 5.91 Å². The molecular weight excluding hydrogens is 209 g/mol. The second kappa shape index (κ2) is 4.57. The average Bonchev–Trinajstić information content (AvgIpc) is 2.19. The highest BCUT2D eigenvalue weighted by Crippen LogP contribution is 2.18. The Morgan fingerprint density at radius 2 is 2.12 bits per heavy atom. The van der Waals surface area contributed by atoms with Crippen molar-refractivity contribution in [1.82, 2.24) is 4.98 Å². The summed E-state index contributed by atoms with van der Waals surface area (Å²) in [5.41, 5.74) is 5.43. The minimum absolute atomic E-state index is 0.297. The molecule has 0 aliphatic carbocycles. The molecule has 0 aliphatic heterocycles. The third-order valence-corrected chi connectivity index (χ3v) is 2.19. The molecular formula is C11H16FN3O. The van der Waals surface area contributed by atoms with E-state index in [2.05, 4.69) is 10.3 Å². The van der Waals surface area contributed by atoms with Crippen molar-refractivity contribution in [3.63, 3.8) is 0 Å². The Kier molecular flexibility index (Phi) is 3.59. The van der Waals surface area contributed by atoms with Crippen LogP contribution >= 0.6 is 0 Å². The maximum atomic E-state index is 12.6. The van der Waals surface area contributed by atoms with Crippen LogP contribution in [0.15, 0.2) is 18.3 Å². The predicted molar refractivity (Wildman–Crippen MR) is 60.3 cm³/mol. The molecule has 16 heavy (non-hydrogen) atoms. The summed E-state index contributed by atoms with van der Waals surface area (Å²) in [6.45, 7) is 5.61. The third kappa shape index (κ3) is 3.27. The number of amides is 1. The van der Waals surface area contributed by atoms with E-state index in [4.69, 9.17) is 5.73 Å². The first-order valence-corrected chi connectivity index (χ1v) is 4.98. The summed E-state index contributed by atoms with van der Waals surface area (Å²) in [5, 5.41) is 2.53. The van der Waals surface area contributed by atoms with Gasteiger partial charge in [0.15, 0.2) is 0 Å². The number of anilines is 1. The van der Waals surface area contributed by atoms with Crippen LogP contribution in [0.4, 0.5) is 10.2 Å². The molecule has 0 aliphatic rings. The highest BCUT2D eigenvalue weighted by Gasteiger charge is 2.27. The zero-order valence-electron chi connectivity index (χ0n) is 9.62. The van der Waals surface area contributed by atoms with Crippen LogP contribution in [0.3, 0.4) is 0 Å². The number of nitrogens with one attached hydrogen (secondary N) is 1. The summed E-state index contributed by atoms with van der Waals surface area (Å²) in [4.78, 5) is 15.4. The number of rotatable bonds is 2. The first kappa shape index (κ1) is 12.6. The van der Waals surface area contributed by atoms with E-state index in [1.165, 1.54) is 12.1 Å². The van der Waals surface area contributed by atoms with Crippen molar-refractivity contribution in [2.75, 3.05) is 5.32 Å². The van der Waals surface area contributed by atoms with Gasteiger partial charge in [0.05, 0.1) is 12.2 Å². The lowest BCUT2D eigenvalue weighted by Crippen LogP contribution is -2.45. The molecule has 0 saturated carbocycles. The van der Waals surface area contributed by atoms with Crippen LogP contribution in [0, 0.1) is 11.2 Å². The Bertz CT molecular complexity index is 370. The summed E-state index contributed by atoms with van der Waals surface area (Å²) in [6, 6.07) is 1.98. The predicted octanol–water partition coefficient (Wildman–Crippen LogP) is 1.53. The van der Waals surface area contributed by atoms with Crippen molar-refractivity contribution >= 4 is 11.7 Å². The fourth-order valence-corrected chi connectivity index (χ4v) is 1.05. The standard InChI is InChI=1S/C11H16FN3O/c1-11(2,3)9(13)10(16)15-8-5-4-7(12)6-14-8/h4-6,9H,13H2,1-3H3,(H,14,15,16)/t9-/m1/s1. The van der Waals surface area contributed by atoms with E-state index in [1.807, 2.05) is 20.8 Å². The number of halogens is 1. The van der Waals surface area contributed by atoms with Gasteiger partial charge in [-0.25, -0.2) is 9.37 Å². The fraction of sp³-hybridized carbons (Fsp3) is 0.455. The minimum Gasteiger partial charge on any atom is -0.319 e. The van der Waals surface area contributed by atoms with Gasteiger partial charge in [-0.1, -0.05) is 20.8 Å². The Balaban J connectivity index is 2.68. The van der Waals surface area contributed by atoms with Crippen LogP contribution in [0.1, 0.15) is 20.8 Å². The quantitative estimate of drug-likeness (QED) is 0.802. The van der Waals surface area contributed by atoms with E-state index in [0.29, 0.717) is 5.82 Å². The van der Waals surface area contributed by atoms with Gasteiger partial charge >= 0.3 is 0 Å². The number of nitrogens with zero attached hydrogens (tertiary/aromatic N) is 1. The van der Waals surface area contributed by atoms with Gasteiger partial charge in [-0.15, -0.1) is 0 Å². The fourth-order valence-electron chi connectivity index (χ4n) is 1.05. The van der Waals surface area contributed by atoms with Crippen molar-refractivity contribution in [2.45, 2.75) is 26.8 Å². The molecule has 0 unspecified atom stereocenters. The molecule has 1 amide bonds. The van der Waals surface area contributed by atoms with E-state index in [9.17, 15) is 9.18 Å². The van der Waals surface area contributed by atoms with E-state index in [-0.39, 0.29) is 11.3 Å². The summed E-state index contributed by atoms with van der Waals surface area (Å²) < 4.78 is 12.6. The number of pyridine rings is 1. The monoisotopic (exact) mass is 225 g/mol. The largest absolute Gasteiger partial charge is 0.319 e. The number of carbonyl (C=O) groups excluding carboxylic acids is 1. The van der Waals surface area contributed by atoms with Crippen molar-refractivity contribution in [3.05, 3.63) is 24.1 Å². The highest BCUT2D eigenvalue weighted by atomic mass is 19.1. The summed E-state index contributed by atoms with van der Waals surface area (Å²) in [7, 11) is 0. The molecule has 0 spiro atoms. The molecule has 1 rings (SSSR count). The average molecular weight is 225 g/mol. The van der Waals surface area contributed by atoms with Crippen molar-refractivity contribution < 1.29 is 9.18 Å². The van der Waals surface area contributed by atoms with Crippen molar-refractivity contribution in [1.29, 1.82) is 0 Å². The summed E-state index contributed by atoms with van der Waals surface area (Å²) in [6.07, 6.45) is 1.04. The molecule has 0 radical (unpaired) electrons. The number of aromatic nitrogens is 1. The Labute approximate surface area is 94.1 Å². The zero-order chi connectivity index (χ0) is 12.3. The van der Waals surface area contributed by atoms with Gasteiger partial charge in [-0.2, -0.15) is 0 Å². The van der Waals surface area contributed by atoms with Gasteiger partial charge in [0.25, 0.3) is 0 Å². The Hall–Kier alpha value is -1.49. The Morgan fingerprint density at radius 3 is 2.56 bits per heavy atom. The molecule has 5 heteroatoms. The molecule has 0 fully saturated rings. The third-order valence-electron chi connectivity index (χ3n) is 2.19. The summed E-state index contributed by atoms with van der Waals surface area (Å²) in [5.74, 6) is -0.476. The molecule has 1 aromatic heterocycles. The molecule has 0 aromatic carbocycles. The minimum atomic E-state index is -0.639. The molecule has 1 aromatic rings. The maximum absolute atomic E-state index is 12.6. The Morgan fingerprint density at radius 1 is 1.50 bits per heavy atom. The molecule has 3 N–H and O–H groups in total. The number of hydrogen-bond acceptors (Lipinski definition) is 3. The van der Waals surface area contributed by atoms with Gasteiger partial charge in [-0.05, 0) is 17.5 Å². The molecule has 0 saturated heterocycles. The second-order valence-electron chi connectivity index (χ2n) is 4.69. The lowest BCUT2D eigenvalue weighted by Gasteiger charge is -2.25. The number of carbonyl (C=O) groups is 1. The summed E-state index contributed by atoms with van der Waals surface area (Å²) >= 11 is 0. The lowest BCUT2D eigenvalue weighted by molar-refractivity contribution is -0.119. The molecule has 88 valence electrons. The van der Waals surface area contributed by atoms with Crippen LogP contribution in [0.2, 0.25) is 0 Å². The van der Waals surface area contributed by atoms with Gasteiger partial charge in [-0.3, -0.25) is 4.79 Å². The van der Waals surface area contributed by atoms with Crippen LogP contribution in [-0.2, 0) is 4.79 Å². The van der Waals surface area contributed by atoms with Gasteiger partial charge < -0.3 is 11.1 Å². The number of hydrogen-bond donors (Lipinski definition) is 2.